The zero-order chi connectivity index (χ0) is 7.28. The van der Waals surface area contributed by atoms with Crippen molar-refractivity contribution in [2.45, 2.75) is 26.3 Å². The summed E-state index contributed by atoms with van der Waals surface area (Å²) < 4.78 is 3.51. The van der Waals surface area contributed by atoms with Gasteiger partial charge in [0, 0.05) is 0 Å². The highest BCUT2D eigenvalue weighted by Crippen LogP contribution is 1.83. The summed E-state index contributed by atoms with van der Waals surface area (Å²) in [4.78, 5) is 0. The number of nitrogens with zero attached hydrogens (tertiary/aromatic N) is 1. The lowest BCUT2D eigenvalue weighted by Crippen LogP contribution is -2.39. The largest absolute Gasteiger partial charge is 0.435 e. The van der Waals surface area contributed by atoms with Crippen molar-refractivity contribution >= 4 is 12.7 Å². The van der Waals surface area contributed by atoms with Gasteiger partial charge in [-0.05, 0) is 13.3 Å². The van der Waals surface area contributed by atoms with Gasteiger partial charge in [0.1, 0.15) is 6.72 Å². The first-order chi connectivity index (χ1) is 4.20. The van der Waals surface area contributed by atoms with Crippen molar-refractivity contribution in [2.75, 3.05) is 0 Å². The smallest absolute Gasteiger partial charge is 0.277 e. The van der Waals surface area contributed by atoms with Gasteiger partial charge in [-0.1, -0.05) is 6.92 Å². The quantitative estimate of drug-likeness (QED) is 0.298. The van der Waals surface area contributed by atoms with Gasteiger partial charge in [-0.15, -0.1) is 0 Å². The van der Waals surface area contributed by atoms with Crippen LogP contribution >= 0.6 is 0 Å². The Morgan fingerprint density at radius 3 is 2.78 bits per heavy atom. The predicted octanol–water partition coefficient (Wildman–Crippen LogP) is -0.543. The molecule has 3 nitrogen and oxygen atoms in total. The maximum atomic E-state index is 5.33. The SMILES string of the molecule is C=[N+]=C(N)NC(C)CC. The Bertz CT molecular complexity index is 124. The third-order valence-corrected chi connectivity index (χ3v) is 1.18. The molecule has 0 aromatic carbocycles. The molecule has 3 N–H and O–H groups in total. The molecule has 0 saturated carbocycles. The van der Waals surface area contributed by atoms with Crippen LogP contribution in [0.25, 0.3) is 0 Å². The van der Waals surface area contributed by atoms with Gasteiger partial charge in [-0.25, -0.2) is 0 Å². The Morgan fingerprint density at radius 2 is 2.44 bits per heavy atom. The second-order valence-electron chi connectivity index (χ2n) is 2.00. The lowest BCUT2D eigenvalue weighted by atomic mass is 10.3. The van der Waals surface area contributed by atoms with Crippen LogP contribution in [-0.2, 0) is 0 Å². The van der Waals surface area contributed by atoms with E-state index >= 15 is 0 Å². The first-order valence-corrected chi connectivity index (χ1v) is 3.06. The Hall–Kier alpha value is -0.950. The van der Waals surface area contributed by atoms with Crippen molar-refractivity contribution in [1.29, 1.82) is 0 Å². The summed E-state index contributed by atoms with van der Waals surface area (Å²) in [5.74, 6) is 0.407. The van der Waals surface area contributed by atoms with E-state index in [-0.39, 0.29) is 0 Å². The van der Waals surface area contributed by atoms with E-state index in [9.17, 15) is 0 Å². The molecule has 0 aromatic rings. The summed E-state index contributed by atoms with van der Waals surface area (Å²) in [6.45, 7) is 7.39. The van der Waals surface area contributed by atoms with E-state index in [0.717, 1.165) is 6.42 Å². The van der Waals surface area contributed by atoms with Crippen LogP contribution in [0.5, 0.6) is 0 Å². The summed E-state index contributed by atoms with van der Waals surface area (Å²) in [6, 6.07) is 0.385. The van der Waals surface area contributed by atoms with E-state index < -0.39 is 0 Å². The van der Waals surface area contributed by atoms with Gasteiger partial charge in [-0.3, -0.25) is 15.7 Å². The van der Waals surface area contributed by atoms with Crippen molar-refractivity contribution < 1.29 is 0 Å². The third-order valence-electron chi connectivity index (χ3n) is 1.18. The van der Waals surface area contributed by atoms with Gasteiger partial charge in [0.25, 0.3) is 0 Å². The standard InChI is InChI=1S/C6H13N3/c1-4-5(2)9-6(7)8-3/h5H,3-4H2,1-2H3,(H2,7,9)/p+1. The molecule has 1 atom stereocenters. The highest BCUT2D eigenvalue weighted by atomic mass is 15.1. The molecule has 9 heavy (non-hydrogen) atoms. The number of hydrogen-bond donors (Lipinski definition) is 2. The molecule has 0 saturated heterocycles. The molecule has 0 aliphatic heterocycles. The topological polar surface area (TPSA) is 52.2 Å². The molecule has 3 heteroatoms. The van der Waals surface area contributed by atoms with Crippen LogP contribution in [0.15, 0.2) is 0 Å². The monoisotopic (exact) mass is 128 g/mol. The molecule has 52 valence electrons. The Balaban J connectivity index is 3.60. The van der Waals surface area contributed by atoms with Crippen LogP contribution in [0.3, 0.4) is 0 Å². The fraction of sp³-hybridized carbons (Fsp3) is 0.667. The van der Waals surface area contributed by atoms with E-state index in [1.54, 1.807) is 0 Å². The molecule has 0 amide bonds. The molecule has 1 unspecified atom stereocenters. The summed E-state index contributed by atoms with van der Waals surface area (Å²) in [5, 5.41) is 2.94. The number of hydrogen-bond acceptors (Lipinski definition) is 0. The van der Waals surface area contributed by atoms with Crippen molar-refractivity contribution in [3.8, 4) is 0 Å². The van der Waals surface area contributed by atoms with Gasteiger partial charge in [0.05, 0.1) is 6.04 Å². The lowest BCUT2D eigenvalue weighted by molar-refractivity contribution is 0.638. The molecule has 0 fully saturated rings. The minimum Gasteiger partial charge on any atom is -0.277 e. The fourth-order valence-electron chi connectivity index (χ4n) is 0.400. The molecule has 0 aliphatic carbocycles. The van der Waals surface area contributed by atoms with E-state index in [1.807, 2.05) is 6.92 Å². The van der Waals surface area contributed by atoms with E-state index in [0.29, 0.717) is 12.0 Å². The van der Waals surface area contributed by atoms with Crippen molar-refractivity contribution in [1.82, 2.24) is 9.98 Å². The van der Waals surface area contributed by atoms with E-state index in [2.05, 4.69) is 23.6 Å². The molecular weight excluding hydrogens is 114 g/mol. The van der Waals surface area contributed by atoms with Crippen molar-refractivity contribution in [3.05, 3.63) is 0 Å². The van der Waals surface area contributed by atoms with Crippen LogP contribution in [0.4, 0.5) is 0 Å². The van der Waals surface area contributed by atoms with Crippen LogP contribution in [0.2, 0.25) is 0 Å². The summed E-state index contributed by atoms with van der Waals surface area (Å²) in [7, 11) is 0. The highest BCUT2D eigenvalue weighted by molar-refractivity contribution is 5.77. The van der Waals surface area contributed by atoms with E-state index in [1.165, 1.54) is 0 Å². The molecule has 0 aliphatic rings. The molecule has 0 spiro atoms. The number of guanidine groups is 1. The lowest BCUT2D eigenvalue weighted by Gasteiger charge is -2.01. The Kier molecular flexibility index (Phi) is 3.56. The average Bonchev–Trinajstić information content (AvgIpc) is 1.87. The second kappa shape index (κ2) is 3.98. The van der Waals surface area contributed by atoms with Gasteiger partial charge < -0.3 is 0 Å². The van der Waals surface area contributed by atoms with Crippen LogP contribution in [0, 0.1) is 0 Å². The Labute approximate surface area is 55.7 Å². The minimum atomic E-state index is 0.385. The van der Waals surface area contributed by atoms with Crippen molar-refractivity contribution in [3.63, 3.8) is 0 Å². The highest BCUT2D eigenvalue weighted by Gasteiger charge is 2.03. The zero-order valence-corrected chi connectivity index (χ0v) is 6.02. The number of rotatable bonds is 2. The minimum absolute atomic E-state index is 0.385. The van der Waals surface area contributed by atoms with Gasteiger partial charge in [-0.2, -0.15) is 0 Å². The van der Waals surface area contributed by atoms with E-state index in [4.69, 9.17) is 5.73 Å². The van der Waals surface area contributed by atoms with Crippen LogP contribution < -0.4 is 15.7 Å². The normalized spacial score (nSPS) is 11.8. The van der Waals surface area contributed by atoms with Crippen LogP contribution in [0.1, 0.15) is 20.3 Å². The summed E-state index contributed by atoms with van der Waals surface area (Å²) in [5.41, 5.74) is 5.33. The third kappa shape index (κ3) is 3.62. The first kappa shape index (κ1) is 8.05. The Morgan fingerprint density at radius 1 is 1.89 bits per heavy atom. The van der Waals surface area contributed by atoms with Gasteiger partial charge >= 0.3 is 5.96 Å². The van der Waals surface area contributed by atoms with Crippen molar-refractivity contribution in [2.24, 2.45) is 5.73 Å². The maximum absolute atomic E-state index is 5.33. The maximum Gasteiger partial charge on any atom is 0.435 e. The fourth-order valence-corrected chi connectivity index (χ4v) is 0.400. The molecule has 0 rings (SSSR count). The first-order valence-electron chi connectivity index (χ1n) is 3.06. The summed E-state index contributed by atoms with van der Waals surface area (Å²) in [6.07, 6.45) is 1.04. The molecule has 0 heterocycles. The summed E-state index contributed by atoms with van der Waals surface area (Å²) >= 11 is 0. The van der Waals surface area contributed by atoms with Crippen LogP contribution in [-0.4, -0.2) is 18.7 Å². The molecule has 0 aromatic heterocycles. The number of nitrogens with one attached hydrogen (secondary N) is 1. The van der Waals surface area contributed by atoms with Gasteiger partial charge in [0.2, 0.25) is 0 Å². The van der Waals surface area contributed by atoms with Gasteiger partial charge in [0.15, 0.2) is 0 Å². The average molecular weight is 128 g/mol. The number of nitrogens with two attached hydrogens (primary N) is 1. The molecule has 0 radical (unpaired) electrons. The molecule has 0 bridgehead atoms. The molecular formula is C6H14N3+. The zero-order valence-electron chi connectivity index (χ0n) is 6.02. The predicted molar refractivity (Wildman–Crippen MR) is 41.3 cm³/mol. The second-order valence-corrected chi connectivity index (χ2v) is 2.00.